The second kappa shape index (κ2) is 15.3. The van der Waals surface area contributed by atoms with Crippen molar-refractivity contribution in [3.05, 3.63) is 117 Å². The Morgan fingerprint density at radius 1 is 1.00 bits per heavy atom. The molecule has 0 aliphatic heterocycles. The first-order chi connectivity index (χ1) is 20.4. The number of aliphatic hydroxyl groups excluding tert-OH is 1. The van der Waals surface area contributed by atoms with Crippen molar-refractivity contribution in [2.45, 2.75) is 45.5 Å². The summed E-state index contributed by atoms with van der Waals surface area (Å²) in [5, 5.41) is 20.3. The Morgan fingerprint density at radius 3 is 2.45 bits per heavy atom. The Kier molecular flexibility index (Phi) is 11.2. The molecule has 220 valence electrons. The highest BCUT2D eigenvalue weighted by atomic mass is 32.1. The lowest BCUT2D eigenvalue weighted by atomic mass is 10.00. The number of hydrogen-bond acceptors (Lipinski definition) is 7. The molecule has 9 heteroatoms. The number of carbonyl (C=O) groups excluding carboxylic acids is 2. The molecule has 0 saturated carbocycles. The van der Waals surface area contributed by atoms with E-state index in [-0.39, 0.29) is 18.4 Å². The molecule has 8 nitrogen and oxygen atoms in total. The van der Waals surface area contributed by atoms with E-state index >= 15 is 0 Å². The smallest absolute Gasteiger partial charge is 0.254 e. The van der Waals surface area contributed by atoms with E-state index in [1.165, 1.54) is 11.3 Å². The van der Waals surface area contributed by atoms with E-state index in [2.05, 4.69) is 15.6 Å². The van der Waals surface area contributed by atoms with Gasteiger partial charge in [0.25, 0.3) is 11.8 Å². The maximum atomic E-state index is 13.4. The summed E-state index contributed by atoms with van der Waals surface area (Å²) in [6.45, 7) is 5.60. The van der Waals surface area contributed by atoms with Crippen molar-refractivity contribution in [3.8, 4) is 5.75 Å². The number of nitrogens with zero attached hydrogens (tertiary/aromatic N) is 2. The minimum absolute atomic E-state index is 0.164. The summed E-state index contributed by atoms with van der Waals surface area (Å²) >= 11 is 1.53. The summed E-state index contributed by atoms with van der Waals surface area (Å²) in [4.78, 5) is 32.9. The number of methoxy groups -OCH3 is 1. The molecule has 0 radical (unpaired) electrons. The van der Waals surface area contributed by atoms with Crippen LogP contribution in [0.15, 0.2) is 84.2 Å². The molecule has 0 aliphatic rings. The summed E-state index contributed by atoms with van der Waals surface area (Å²) in [6, 6.07) is 23.6. The molecule has 4 aromatic rings. The Bertz CT molecular complexity index is 1460. The van der Waals surface area contributed by atoms with Crippen LogP contribution in [-0.4, -0.2) is 59.1 Å². The van der Waals surface area contributed by atoms with Crippen LogP contribution in [0.1, 0.15) is 49.5 Å². The highest BCUT2D eigenvalue weighted by molar-refractivity contribution is 7.09. The van der Waals surface area contributed by atoms with E-state index in [1.54, 1.807) is 36.3 Å². The molecule has 3 aromatic carbocycles. The number of hydrogen-bond donors (Lipinski definition) is 3. The number of aryl methyl sites for hydroxylation is 1. The van der Waals surface area contributed by atoms with Gasteiger partial charge in [0.2, 0.25) is 0 Å². The predicted octanol–water partition coefficient (Wildman–Crippen LogP) is 4.61. The van der Waals surface area contributed by atoms with E-state index in [9.17, 15) is 14.7 Å². The normalized spacial score (nSPS) is 12.4. The molecule has 42 heavy (non-hydrogen) atoms. The first kappa shape index (κ1) is 30.9. The summed E-state index contributed by atoms with van der Waals surface area (Å²) in [7, 11) is 1.63. The predicted molar refractivity (Wildman–Crippen MR) is 166 cm³/mol. The van der Waals surface area contributed by atoms with Gasteiger partial charge >= 0.3 is 0 Å². The topological polar surface area (TPSA) is 104 Å². The van der Waals surface area contributed by atoms with Gasteiger partial charge in [-0.25, -0.2) is 4.98 Å². The largest absolute Gasteiger partial charge is 0.497 e. The first-order valence-electron chi connectivity index (χ1n) is 14.0. The zero-order chi connectivity index (χ0) is 29.9. The maximum Gasteiger partial charge on any atom is 0.254 e. The lowest BCUT2D eigenvalue weighted by Gasteiger charge is -2.25. The Morgan fingerprint density at radius 2 is 1.74 bits per heavy atom. The second-order valence-electron chi connectivity index (χ2n) is 10.1. The van der Waals surface area contributed by atoms with E-state index in [4.69, 9.17) is 4.74 Å². The van der Waals surface area contributed by atoms with Crippen LogP contribution < -0.4 is 15.4 Å². The third-order valence-electron chi connectivity index (χ3n) is 6.93. The molecule has 2 amide bonds. The van der Waals surface area contributed by atoms with Crippen LogP contribution in [0.2, 0.25) is 0 Å². The molecule has 0 fully saturated rings. The summed E-state index contributed by atoms with van der Waals surface area (Å²) in [6.07, 6.45) is -0.411. The van der Waals surface area contributed by atoms with Gasteiger partial charge < -0.3 is 25.4 Å². The SMILES string of the molecule is CCN(Cc1nc(C)cs1)C(=O)c1cccc(C(=O)N[C@@H](Cc2ccccc2)[C@H](O)CNCc2cccc(OC)c2)c1. The number of ether oxygens (including phenoxy) is 1. The van der Waals surface area contributed by atoms with Crippen molar-refractivity contribution in [2.24, 2.45) is 0 Å². The minimum Gasteiger partial charge on any atom is -0.497 e. The third-order valence-corrected chi connectivity index (χ3v) is 7.88. The summed E-state index contributed by atoms with van der Waals surface area (Å²) in [5.41, 5.74) is 3.74. The van der Waals surface area contributed by atoms with Crippen molar-refractivity contribution in [2.75, 3.05) is 20.2 Å². The fourth-order valence-corrected chi connectivity index (χ4v) is 5.42. The number of thiazole rings is 1. The van der Waals surface area contributed by atoms with Crippen molar-refractivity contribution in [1.82, 2.24) is 20.5 Å². The van der Waals surface area contributed by atoms with Crippen molar-refractivity contribution < 1.29 is 19.4 Å². The number of benzene rings is 3. The number of nitrogens with one attached hydrogen (secondary N) is 2. The molecular weight excluding hydrogens is 548 g/mol. The number of amides is 2. The van der Waals surface area contributed by atoms with Crippen LogP contribution in [-0.2, 0) is 19.5 Å². The Balaban J connectivity index is 1.44. The summed E-state index contributed by atoms with van der Waals surface area (Å²) < 4.78 is 5.29. The van der Waals surface area contributed by atoms with Crippen molar-refractivity contribution >= 4 is 23.2 Å². The van der Waals surface area contributed by atoms with Gasteiger partial charge in [-0.05, 0) is 61.7 Å². The Hall–Kier alpha value is -4.05. The quantitative estimate of drug-likeness (QED) is 0.199. The molecule has 0 bridgehead atoms. The van der Waals surface area contributed by atoms with E-state index in [0.29, 0.717) is 37.2 Å². The number of aromatic nitrogens is 1. The minimum atomic E-state index is -0.859. The number of rotatable bonds is 14. The standard InChI is InChI=1S/C33H38N4O4S/c1-4-37(21-31-35-23(2)22-42-31)33(40)27-14-9-13-26(18-27)32(39)36-29(17-24-10-6-5-7-11-24)30(38)20-34-19-25-12-8-15-28(16-25)41-3/h5-16,18,22,29-30,34,38H,4,17,19-21H2,1-3H3,(H,36,39)/t29-,30+/m0/s1. The lowest BCUT2D eigenvalue weighted by molar-refractivity contribution is 0.0752. The monoisotopic (exact) mass is 586 g/mol. The fourth-order valence-electron chi connectivity index (χ4n) is 4.63. The molecule has 4 rings (SSSR count). The van der Waals surface area contributed by atoms with Crippen LogP contribution in [0.5, 0.6) is 5.75 Å². The zero-order valence-electron chi connectivity index (χ0n) is 24.2. The van der Waals surface area contributed by atoms with Gasteiger partial charge in [0, 0.05) is 41.8 Å². The Labute approximate surface area is 251 Å². The van der Waals surface area contributed by atoms with Crippen LogP contribution in [0.3, 0.4) is 0 Å². The third kappa shape index (κ3) is 8.72. The average molecular weight is 587 g/mol. The van der Waals surface area contributed by atoms with Crippen LogP contribution >= 0.6 is 11.3 Å². The summed E-state index contributed by atoms with van der Waals surface area (Å²) in [5.74, 6) is 0.253. The number of carbonyl (C=O) groups is 2. The van der Waals surface area contributed by atoms with E-state index in [0.717, 1.165) is 27.6 Å². The van der Waals surface area contributed by atoms with Gasteiger partial charge in [0.15, 0.2) is 0 Å². The molecular formula is C33H38N4O4S. The molecule has 3 N–H and O–H groups in total. The van der Waals surface area contributed by atoms with Gasteiger partial charge in [-0.1, -0.05) is 48.5 Å². The van der Waals surface area contributed by atoms with Gasteiger partial charge in [-0.3, -0.25) is 9.59 Å². The molecule has 0 saturated heterocycles. The molecule has 2 atom stereocenters. The van der Waals surface area contributed by atoms with Gasteiger partial charge in [-0.2, -0.15) is 0 Å². The van der Waals surface area contributed by atoms with E-state index < -0.39 is 12.1 Å². The average Bonchev–Trinajstić information content (AvgIpc) is 3.44. The highest BCUT2D eigenvalue weighted by Crippen LogP contribution is 2.16. The van der Waals surface area contributed by atoms with Crippen LogP contribution in [0.4, 0.5) is 0 Å². The zero-order valence-corrected chi connectivity index (χ0v) is 25.1. The lowest BCUT2D eigenvalue weighted by Crippen LogP contribution is -2.48. The molecule has 1 aromatic heterocycles. The molecule has 0 spiro atoms. The van der Waals surface area contributed by atoms with Crippen LogP contribution in [0, 0.1) is 6.92 Å². The fraction of sp³-hybridized carbons (Fsp3) is 0.303. The van der Waals surface area contributed by atoms with Crippen molar-refractivity contribution in [1.29, 1.82) is 0 Å². The van der Waals surface area contributed by atoms with Crippen molar-refractivity contribution in [3.63, 3.8) is 0 Å². The molecule has 0 unspecified atom stereocenters. The molecule has 1 heterocycles. The molecule has 0 aliphatic carbocycles. The van der Waals surface area contributed by atoms with Gasteiger partial charge in [0.05, 0.1) is 25.8 Å². The first-order valence-corrected chi connectivity index (χ1v) is 14.9. The van der Waals surface area contributed by atoms with Gasteiger partial charge in [0.1, 0.15) is 10.8 Å². The number of aliphatic hydroxyl groups is 1. The van der Waals surface area contributed by atoms with Crippen LogP contribution in [0.25, 0.3) is 0 Å². The van der Waals surface area contributed by atoms with Gasteiger partial charge in [-0.15, -0.1) is 11.3 Å². The van der Waals surface area contributed by atoms with E-state index in [1.807, 2.05) is 73.8 Å². The second-order valence-corrected chi connectivity index (χ2v) is 11.0. The highest BCUT2D eigenvalue weighted by Gasteiger charge is 2.23. The maximum absolute atomic E-state index is 13.4.